The maximum absolute atomic E-state index is 13.3. The third-order valence-corrected chi connectivity index (χ3v) is 6.06. The summed E-state index contributed by atoms with van der Waals surface area (Å²) in [6.45, 7) is 4.55. The second kappa shape index (κ2) is 6.62. The summed E-state index contributed by atoms with van der Waals surface area (Å²) in [6.07, 6.45) is 2.93. The van der Waals surface area contributed by atoms with E-state index in [2.05, 4.69) is 11.9 Å². The Hall–Kier alpha value is -2.44. The molecule has 5 nitrogen and oxygen atoms in total. The highest BCUT2D eigenvalue weighted by Gasteiger charge is 2.52. The molecular weight excluding hydrogens is 360 g/mol. The molecule has 0 spiro atoms. The summed E-state index contributed by atoms with van der Waals surface area (Å²) in [5.74, 6) is -0.524. The molecule has 1 aliphatic rings. The summed E-state index contributed by atoms with van der Waals surface area (Å²) in [5, 5.41) is 23.1. The lowest BCUT2D eigenvalue weighted by atomic mass is 9.87. The van der Waals surface area contributed by atoms with Crippen molar-refractivity contribution in [1.29, 1.82) is 0 Å². The van der Waals surface area contributed by atoms with Gasteiger partial charge in [-0.1, -0.05) is 38.0 Å². The number of amides is 1. The predicted molar refractivity (Wildman–Crippen MR) is 107 cm³/mol. The van der Waals surface area contributed by atoms with Gasteiger partial charge in [0.25, 0.3) is 5.91 Å². The quantitative estimate of drug-likeness (QED) is 0.652. The number of nitrogens with zero attached hydrogens (tertiary/aromatic N) is 2. The third-order valence-electron chi connectivity index (χ3n) is 5.13. The van der Waals surface area contributed by atoms with E-state index in [9.17, 15) is 15.0 Å². The third kappa shape index (κ3) is 2.71. The summed E-state index contributed by atoms with van der Waals surface area (Å²) >= 11 is 1.47. The van der Waals surface area contributed by atoms with Crippen molar-refractivity contribution in [2.75, 3.05) is 11.4 Å². The van der Waals surface area contributed by atoms with Crippen molar-refractivity contribution >= 4 is 33.1 Å². The number of fused-ring (bicyclic) bond motifs is 2. The Bertz CT molecular complexity index is 1030. The van der Waals surface area contributed by atoms with Crippen molar-refractivity contribution in [3.63, 3.8) is 0 Å². The number of rotatable bonds is 5. The van der Waals surface area contributed by atoms with Gasteiger partial charge >= 0.3 is 0 Å². The minimum Gasteiger partial charge on any atom is -0.507 e. The summed E-state index contributed by atoms with van der Waals surface area (Å²) in [4.78, 5) is 19.3. The number of aliphatic hydroxyl groups is 1. The number of aromatic hydroxyl groups is 1. The first kappa shape index (κ1) is 17.9. The minimum absolute atomic E-state index is 0.117. The lowest BCUT2D eigenvalue weighted by molar-refractivity contribution is -0.132. The van der Waals surface area contributed by atoms with E-state index in [0.717, 1.165) is 29.0 Å². The summed E-state index contributed by atoms with van der Waals surface area (Å²) < 4.78 is 0.837. The number of benzene rings is 2. The average molecular weight is 382 g/mol. The number of para-hydroxylation sites is 1. The monoisotopic (exact) mass is 382 g/mol. The van der Waals surface area contributed by atoms with Crippen molar-refractivity contribution in [2.24, 2.45) is 0 Å². The van der Waals surface area contributed by atoms with Crippen LogP contribution in [0.2, 0.25) is 0 Å². The molecule has 3 aromatic rings. The van der Waals surface area contributed by atoms with E-state index in [4.69, 9.17) is 0 Å². The maximum Gasteiger partial charge on any atom is 0.268 e. The molecule has 1 unspecified atom stereocenters. The summed E-state index contributed by atoms with van der Waals surface area (Å²) in [6, 6.07) is 10.5. The second-order valence-corrected chi connectivity index (χ2v) is 8.20. The van der Waals surface area contributed by atoms with Gasteiger partial charge in [-0.05, 0) is 25.5 Å². The van der Waals surface area contributed by atoms with Gasteiger partial charge in [0.15, 0.2) is 5.60 Å². The van der Waals surface area contributed by atoms with Crippen LogP contribution < -0.4 is 4.90 Å². The molecule has 2 N–H and O–H groups in total. The molecule has 0 saturated carbocycles. The fraction of sp³-hybridized carbons (Fsp3) is 0.333. The number of anilines is 1. The van der Waals surface area contributed by atoms with E-state index in [1.165, 1.54) is 17.4 Å². The van der Waals surface area contributed by atoms with Crippen LogP contribution in [0.5, 0.6) is 5.75 Å². The van der Waals surface area contributed by atoms with Crippen LogP contribution in [-0.2, 0) is 10.4 Å². The highest BCUT2D eigenvalue weighted by molar-refractivity contribution is 7.18. The molecule has 0 fully saturated rings. The molecule has 1 amide bonds. The molecular formula is C21H22N2O3S. The van der Waals surface area contributed by atoms with Gasteiger partial charge in [-0.2, -0.15) is 0 Å². The lowest BCUT2D eigenvalue weighted by Gasteiger charge is -2.24. The van der Waals surface area contributed by atoms with Crippen molar-refractivity contribution < 1.29 is 15.0 Å². The molecule has 4 rings (SSSR count). The first-order valence-electron chi connectivity index (χ1n) is 9.21. The summed E-state index contributed by atoms with van der Waals surface area (Å²) in [7, 11) is 0. The number of aryl methyl sites for hydroxylation is 1. The highest BCUT2D eigenvalue weighted by Crippen LogP contribution is 2.48. The molecule has 2 heterocycles. The van der Waals surface area contributed by atoms with Gasteiger partial charge in [-0.25, -0.2) is 4.98 Å². The van der Waals surface area contributed by atoms with Crippen LogP contribution >= 0.6 is 11.3 Å². The van der Waals surface area contributed by atoms with Crippen molar-refractivity contribution in [1.82, 2.24) is 4.98 Å². The van der Waals surface area contributed by atoms with Gasteiger partial charge in [-0.3, -0.25) is 4.79 Å². The Morgan fingerprint density at radius 2 is 1.96 bits per heavy atom. The van der Waals surface area contributed by atoms with Gasteiger partial charge in [-0.15, -0.1) is 11.3 Å². The molecule has 1 aliphatic heterocycles. The van der Waals surface area contributed by atoms with Crippen LogP contribution in [0.1, 0.15) is 42.3 Å². The Labute approximate surface area is 161 Å². The molecule has 0 aliphatic carbocycles. The molecule has 27 heavy (non-hydrogen) atoms. The number of phenols is 1. The largest absolute Gasteiger partial charge is 0.507 e. The van der Waals surface area contributed by atoms with Crippen LogP contribution in [0.25, 0.3) is 10.2 Å². The molecule has 1 atom stereocenters. The van der Waals surface area contributed by atoms with Crippen LogP contribution in [0.4, 0.5) is 5.69 Å². The maximum atomic E-state index is 13.3. The number of phenolic OH excluding ortho intramolecular Hbond substituents is 1. The number of carbonyl (C=O) groups is 1. The Kier molecular flexibility index (Phi) is 4.40. The molecule has 0 bridgehead atoms. The van der Waals surface area contributed by atoms with E-state index in [0.29, 0.717) is 23.3 Å². The van der Waals surface area contributed by atoms with Gasteiger partial charge in [0.2, 0.25) is 0 Å². The molecule has 2 aromatic carbocycles. The zero-order valence-electron chi connectivity index (χ0n) is 15.4. The Balaban J connectivity index is 1.86. The van der Waals surface area contributed by atoms with E-state index in [1.54, 1.807) is 23.1 Å². The highest BCUT2D eigenvalue weighted by atomic mass is 32.1. The molecule has 0 radical (unpaired) electrons. The van der Waals surface area contributed by atoms with Crippen molar-refractivity contribution in [3.8, 4) is 5.75 Å². The van der Waals surface area contributed by atoms with E-state index in [1.807, 2.05) is 19.1 Å². The fourth-order valence-electron chi connectivity index (χ4n) is 3.80. The average Bonchev–Trinajstić information content (AvgIpc) is 3.11. The van der Waals surface area contributed by atoms with Gasteiger partial charge < -0.3 is 15.1 Å². The van der Waals surface area contributed by atoms with Crippen molar-refractivity contribution in [3.05, 3.63) is 52.5 Å². The van der Waals surface area contributed by atoms with Crippen LogP contribution in [0.3, 0.4) is 0 Å². The molecule has 6 heteroatoms. The number of unbranched alkanes of at least 4 members (excludes halogenated alkanes) is 2. The fourth-order valence-corrected chi connectivity index (χ4v) is 4.65. The van der Waals surface area contributed by atoms with Gasteiger partial charge in [0.05, 0.1) is 20.9 Å². The van der Waals surface area contributed by atoms with Gasteiger partial charge in [0.1, 0.15) is 5.75 Å². The second-order valence-electron chi connectivity index (χ2n) is 6.96. The SMILES string of the molecule is CCCCCN1C(=O)C(O)(c2cc3sc(C)nc3cc2O)c2ccccc21. The van der Waals surface area contributed by atoms with Crippen LogP contribution in [0, 0.1) is 6.92 Å². The molecule has 140 valence electrons. The normalized spacial score (nSPS) is 19.1. The Morgan fingerprint density at radius 3 is 2.74 bits per heavy atom. The molecule has 0 saturated heterocycles. The van der Waals surface area contributed by atoms with E-state index in [-0.39, 0.29) is 11.3 Å². The zero-order chi connectivity index (χ0) is 19.2. The smallest absolute Gasteiger partial charge is 0.268 e. The van der Waals surface area contributed by atoms with Gasteiger partial charge in [0, 0.05) is 23.7 Å². The first-order valence-corrected chi connectivity index (χ1v) is 10.0. The van der Waals surface area contributed by atoms with E-state index >= 15 is 0 Å². The predicted octanol–water partition coefficient (Wildman–Crippen LogP) is 4.08. The Morgan fingerprint density at radius 1 is 1.19 bits per heavy atom. The topological polar surface area (TPSA) is 73.7 Å². The summed E-state index contributed by atoms with van der Waals surface area (Å²) in [5.41, 5.74) is 0.220. The van der Waals surface area contributed by atoms with Crippen LogP contribution in [-0.4, -0.2) is 27.6 Å². The number of thiazole rings is 1. The zero-order valence-corrected chi connectivity index (χ0v) is 16.2. The first-order chi connectivity index (χ1) is 13.0. The van der Waals surface area contributed by atoms with Crippen LogP contribution in [0.15, 0.2) is 36.4 Å². The van der Waals surface area contributed by atoms with Crippen molar-refractivity contribution in [2.45, 2.75) is 38.7 Å². The lowest BCUT2D eigenvalue weighted by Crippen LogP contribution is -2.41. The number of aromatic nitrogens is 1. The number of hydrogen-bond acceptors (Lipinski definition) is 5. The molecule has 1 aromatic heterocycles. The standard InChI is InChI=1S/C21H22N2O3S/c1-3-4-7-10-23-17-9-6-5-8-14(17)21(26,20(23)25)15-11-19-16(12-18(15)24)22-13(2)27-19/h5-6,8-9,11-12,24,26H,3-4,7,10H2,1-2H3. The van der Waals surface area contributed by atoms with E-state index < -0.39 is 11.5 Å². The minimum atomic E-state index is -1.89. The number of carbonyl (C=O) groups excluding carboxylic acids is 1. The number of hydrogen-bond donors (Lipinski definition) is 2.